The molecule has 1 aromatic heterocycles. The van der Waals surface area contributed by atoms with E-state index in [0.29, 0.717) is 19.6 Å². The minimum atomic E-state index is 0.0280. The van der Waals surface area contributed by atoms with Crippen LogP contribution in [0, 0.1) is 0 Å². The number of amides is 1. The molecule has 1 amide bonds. The Balaban J connectivity index is 1.61. The summed E-state index contributed by atoms with van der Waals surface area (Å²) in [7, 11) is 2.00. The number of benzene rings is 2. The second-order valence-electron chi connectivity index (χ2n) is 5.81. The molecule has 0 spiro atoms. The molecule has 0 aliphatic heterocycles. The second kappa shape index (κ2) is 7.21. The zero-order valence-electron chi connectivity index (χ0n) is 14.1. The SMILES string of the molecule is CCOc1ccc(CNC(=O)Cc2cn(C)c3ccccc23)cc1. The number of para-hydroxylation sites is 1. The van der Waals surface area contributed by atoms with Crippen LogP contribution in [0.1, 0.15) is 18.1 Å². The zero-order chi connectivity index (χ0) is 16.9. The van der Waals surface area contributed by atoms with E-state index in [1.807, 2.05) is 56.6 Å². The standard InChI is InChI=1S/C20H22N2O2/c1-3-24-17-10-8-15(9-11-17)13-21-20(23)12-16-14-22(2)19-7-5-4-6-18(16)19/h4-11,14H,3,12-13H2,1-2H3,(H,21,23). The van der Waals surface area contributed by atoms with Crippen LogP contribution >= 0.6 is 0 Å². The lowest BCUT2D eigenvalue weighted by Gasteiger charge is -2.07. The molecular formula is C20H22N2O2. The van der Waals surface area contributed by atoms with E-state index in [9.17, 15) is 4.79 Å². The average Bonchev–Trinajstić information content (AvgIpc) is 2.91. The van der Waals surface area contributed by atoms with Gasteiger partial charge in [0.25, 0.3) is 0 Å². The minimum Gasteiger partial charge on any atom is -0.494 e. The van der Waals surface area contributed by atoms with E-state index in [-0.39, 0.29) is 5.91 Å². The Morgan fingerprint density at radius 1 is 1.12 bits per heavy atom. The number of carbonyl (C=O) groups is 1. The van der Waals surface area contributed by atoms with E-state index in [4.69, 9.17) is 4.74 Å². The van der Waals surface area contributed by atoms with Gasteiger partial charge in [-0.2, -0.15) is 0 Å². The fourth-order valence-corrected chi connectivity index (χ4v) is 2.87. The summed E-state index contributed by atoms with van der Waals surface area (Å²) in [6.07, 6.45) is 2.42. The number of hydrogen-bond donors (Lipinski definition) is 1. The van der Waals surface area contributed by atoms with Gasteiger partial charge in [-0.15, -0.1) is 0 Å². The summed E-state index contributed by atoms with van der Waals surface area (Å²) in [4.78, 5) is 12.3. The Labute approximate surface area is 142 Å². The molecule has 124 valence electrons. The van der Waals surface area contributed by atoms with Crippen molar-refractivity contribution >= 4 is 16.8 Å². The Morgan fingerprint density at radius 2 is 1.88 bits per heavy atom. The molecule has 0 aliphatic carbocycles. The number of aromatic nitrogens is 1. The van der Waals surface area contributed by atoms with Gasteiger partial charge in [-0.25, -0.2) is 0 Å². The number of aryl methyl sites for hydroxylation is 1. The zero-order valence-corrected chi connectivity index (χ0v) is 14.1. The van der Waals surface area contributed by atoms with Crippen molar-refractivity contribution in [1.82, 2.24) is 9.88 Å². The topological polar surface area (TPSA) is 43.3 Å². The normalized spacial score (nSPS) is 10.8. The predicted octanol–water partition coefficient (Wildman–Crippen LogP) is 3.44. The predicted molar refractivity (Wildman–Crippen MR) is 96.1 cm³/mol. The molecule has 3 rings (SSSR count). The number of ether oxygens (including phenoxy) is 1. The third-order valence-electron chi connectivity index (χ3n) is 4.05. The van der Waals surface area contributed by atoms with Crippen LogP contribution < -0.4 is 10.1 Å². The molecule has 0 aliphatic rings. The van der Waals surface area contributed by atoms with Gasteiger partial charge in [0.05, 0.1) is 13.0 Å². The quantitative estimate of drug-likeness (QED) is 0.755. The molecule has 3 aromatic rings. The van der Waals surface area contributed by atoms with E-state index in [2.05, 4.69) is 22.0 Å². The van der Waals surface area contributed by atoms with Crippen molar-refractivity contribution in [2.24, 2.45) is 7.05 Å². The summed E-state index contributed by atoms with van der Waals surface area (Å²) < 4.78 is 7.48. The smallest absolute Gasteiger partial charge is 0.224 e. The molecule has 24 heavy (non-hydrogen) atoms. The molecule has 2 aromatic carbocycles. The van der Waals surface area contributed by atoms with Gasteiger partial charge < -0.3 is 14.6 Å². The van der Waals surface area contributed by atoms with Crippen molar-refractivity contribution in [3.05, 3.63) is 65.9 Å². The summed E-state index contributed by atoms with van der Waals surface area (Å²) in [5.74, 6) is 0.878. The third kappa shape index (κ3) is 3.59. The first-order chi connectivity index (χ1) is 11.7. The van der Waals surface area contributed by atoms with Gasteiger partial charge in [-0.3, -0.25) is 4.79 Å². The fourth-order valence-electron chi connectivity index (χ4n) is 2.87. The van der Waals surface area contributed by atoms with E-state index in [0.717, 1.165) is 27.8 Å². The molecule has 1 N–H and O–H groups in total. The molecule has 4 heteroatoms. The first-order valence-electron chi connectivity index (χ1n) is 8.18. The largest absolute Gasteiger partial charge is 0.494 e. The van der Waals surface area contributed by atoms with E-state index in [1.165, 1.54) is 0 Å². The van der Waals surface area contributed by atoms with Gasteiger partial charge in [-0.05, 0) is 36.2 Å². The molecule has 0 radical (unpaired) electrons. The lowest BCUT2D eigenvalue weighted by Crippen LogP contribution is -2.24. The van der Waals surface area contributed by atoms with Crippen LogP contribution in [0.5, 0.6) is 5.75 Å². The maximum absolute atomic E-state index is 12.3. The molecule has 0 saturated heterocycles. The highest BCUT2D eigenvalue weighted by molar-refractivity contribution is 5.89. The summed E-state index contributed by atoms with van der Waals surface area (Å²) >= 11 is 0. The Hall–Kier alpha value is -2.75. The van der Waals surface area contributed by atoms with Crippen molar-refractivity contribution in [3.63, 3.8) is 0 Å². The van der Waals surface area contributed by atoms with Crippen LogP contribution in [-0.2, 0) is 24.8 Å². The Morgan fingerprint density at radius 3 is 2.62 bits per heavy atom. The van der Waals surface area contributed by atoms with Crippen molar-refractivity contribution in [1.29, 1.82) is 0 Å². The van der Waals surface area contributed by atoms with Crippen LogP contribution in [0.15, 0.2) is 54.7 Å². The number of nitrogens with one attached hydrogen (secondary N) is 1. The first kappa shape index (κ1) is 16.1. The Bertz CT molecular complexity index is 834. The summed E-state index contributed by atoms with van der Waals surface area (Å²) in [6.45, 7) is 3.14. The van der Waals surface area contributed by atoms with E-state index >= 15 is 0 Å². The van der Waals surface area contributed by atoms with Gasteiger partial charge in [0.15, 0.2) is 0 Å². The van der Waals surface area contributed by atoms with Crippen molar-refractivity contribution in [3.8, 4) is 5.75 Å². The molecule has 0 bridgehead atoms. The number of nitrogens with zero attached hydrogens (tertiary/aromatic N) is 1. The van der Waals surface area contributed by atoms with Gasteiger partial charge in [0.1, 0.15) is 5.75 Å². The van der Waals surface area contributed by atoms with E-state index < -0.39 is 0 Å². The molecule has 1 heterocycles. The second-order valence-corrected chi connectivity index (χ2v) is 5.81. The number of fused-ring (bicyclic) bond motifs is 1. The summed E-state index contributed by atoms with van der Waals surface area (Å²) in [6, 6.07) is 15.9. The van der Waals surface area contributed by atoms with Gasteiger partial charge in [-0.1, -0.05) is 30.3 Å². The highest BCUT2D eigenvalue weighted by atomic mass is 16.5. The first-order valence-corrected chi connectivity index (χ1v) is 8.18. The molecule has 0 saturated carbocycles. The van der Waals surface area contributed by atoms with Crippen molar-refractivity contribution in [2.75, 3.05) is 6.61 Å². The average molecular weight is 322 g/mol. The van der Waals surface area contributed by atoms with Gasteiger partial charge in [0.2, 0.25) is 5.91 Å². The minimum absolute atomic E-state index is 0.0280. The maximum atomic E-state index is 12.3. The monoisotopic (exact) mass is 322 g/mol. The van der Waals surface area contributed by atoms with Crippen LogP contribution in [0.2, 0.25) is 0 Å². The third-order valence-corrected chi connectivity index (χ3v) is 4.05. The Kier molecular flexibility index (Phi) is 4.85. The highest BCUT2D eigenvalue weighted by Crippen LogP contribution is 2.20. The van der Waals surface area contributed by atoms with Crippen LogP contribution in [0.25, 0.3) is 10.9 Å². The molecule has 4 nitrogen and oxygen atoms in total. The molecular weight excluding hydrogens is 300 g/mol. The lowest BCUT2D eigenvalue weighted by atomic mass is 10.1. The summed E-state index contributed by atoms with van der Waals surface area (Å²) in [5.41, 5.74) is 3.26. The van der Waals surface area contributed by atoms with Crippen molar-refractivity contribution in [2.45, 2.75) is 19.9 Å². The summed E-state index contributed by atoms with van der Waals surface area (Å²) in [5, 5.41) is 4.12. The molecule has 0 fully saturated rings. The fraction of sp³-hybridized carbons (Fsp3) is 0.250. The maximum Gasteiger partial charge on any atom is 0.224 e. The number of carbonyl (C=O) groups excluding carboxylic acids is 1. The molecule has 0 atom stereocenters. The lowest BCUT2D eigenvalue weighted by molar-refractivity contribution is -0.120. The highest BCUT2D eigenvalue weighted by Gasteiger charge is 2.10. The van der Waals surface area contributed by atoms with Crippen LogP contribution in [0.3, 0.4) is 0 Å². The molecule has 0 unspecified atom stereocenters. The van der Waals surface area contributed by atoms with Crippen LogP contribution in [0.4, 0.5) is 0 Å². The van der Waals surface area contributed by atoms with Crippen LogP contribution in [-0.4, -0.2) is 17.1 Å². The van der Waals surface area contributed by atoms with Gasteiger partial charge >= 0.3 is 0 Å². The number of rotatable bonds is 6. The van der Waals surface area contributed by atoms with Gasteiger partial charge in [0, 0.05) is 30.7 Å². The van der Waals surface area contributed by atoms with E-state index in [1.54, 1.807) is 0 Å². The number of hydrogen-bond acceptors (Lipinski definition) is 2. The van der Waals surface area contributed by atoms with Crippen molar-refractivity contribution < 1.29 is 9.53 Å².